The summed E-state index contributed by atoms with van der Waals surface area (Å²) in [6.07, 6.45) is 3.17. The van der Waals surface area contributed by atoms with Gasteiger partial charge in [0.05, 0.1) is 11.4 Å². The van der Waals surface area contributed by atoms with Crippen LogP contribution in [0.15, 0.2) is 70.8 Å². The maximum atomic E-state index is 12.3. The maximum Gasteiger partial charge on any atom is 0.222 e. The molecule has 31 heavy (non-hydrogen) atoms. The topological polar surface area (TPSA) is 58.1 Å². The smallest absolute Gasteiger partial charge is 0.222 e. The molecule has 0 radical (unpaired) electrons. The summed E-state index contributed by atoms with van der Waals surface area (Å²) < 4.78 is 1.05. The molecule has 1 aliphatic heterocycles. The molecule has 1 N–H and O–H groups in total. The van der Waals surface area contributed by atoms with Gasteiger partial charge < -0.3 is 10.2 Å². The molecule has 5 nitrogen and oxygen atoms in total. The first-order chi connectivity index (χ1) is 15.2. The van der Waals surface area contributed by atoms with Crippen LogP contribution in [0.2, 0.25) is 0 Å². The molecule has 0 saturated carbocycles. The molecule has 2 aromatic heterocycles. The number of rotatable bonds is 6. The van der Waals surface area contributed by atoms with Crippen LogP contribution in [0.1, 0.15) is 24.4 Å². The molecule has 7 heteroatoms. The number of anilines is 1. The molecule has 2 aromatic carbocycles. The minimum atomic E-state index is -0.0565. The second-order valence-corrected chi connectivity index (χ2v) is 9.38. The molecule has 0 spiro atoms. The normalized spacial score (nSPS) is 14.9. The minimum absolute atomic E-state index is 0.0565. The van der Waals surface area contributed by atoms with Gasteiger partial charge in [-0.1, -0.05) is 58.4 Å². The molecule has 156 valence electrons. The Kier molecular flexibility index (Phi) is 5.70. The number of aromatic nitrogens is 2. The van der Waals surface area contributed by atoms with Crippen LogP contribution in [0.25, 0.3) is 21.3 Å². The van der Waals surface area contributed by atoms with Gasteiger partial charge in [0, 0.05) is 34.9 Å². The Morgan fingerprint density at radius 1 is 1.10 bits per heavy atom. The van der Waals surface area contributed by atoms with Crippen LogP contribution in [0.4, 0.5) is 5.82 Å². The Morgan fingerprint density at radius 3 is 2.65 bits per heavy atom. The van der Waals surface area contributed by atoms with Gasteiger partial charge in [-0.05, 0) is 29.7 Å². The predicted molar refractivity (Wildman–Crippen MR) is 129 cm³/mol. The van der Waals surface area contributed by atoms with Gasteiger partial charge in [0.1, 0.15) is 17.0 Å². The third-order valence-electron chi connectivity index (χ3n) is 5.61. The van der Waals surface area contributed by atoms with E-state index >= 15 is 0 Å². The lowest BCUT2D eigenvalue weighted by Crippen LogP contribution is -2.32. The van der Waals surface area contributed by atoms with Crippen molar-refractivity contribution >= 4 is 49.2 Å². The van der Waals surface area contributed by atoms with Gasteiger partial charge in [-0.25, -0.2) is 9.97 Å². The summed E-state index contributed by atoms with van der Waals surface area (Å²) in [6, 6.07) is 18.5. The molecule has 1 amide bonds. The summed E-state index contributed by atoms with van der Waals surface area (Å²) in [5.74, 6) is 1.02. The molecule has 1 aliphatic rings. The van der Waals surface area contributed by atoms with Crippen LogP contribution in [0, 0.1) is 0 Å². The fourth-order valence-corrected chi connectivity index (χ4v) is 5.21. The molecule has 0 aliphatic carbocycles. The van der Waals surface area contributed by atoms with E-state index in [1.165, 1.54) is 0 Å². The number of nitrogens with zero attached hydrogens (tertiary/aromatic N) is 3. The van der Waals surface area contributed by atoms with Gasteiger partial charge in [-0.15, -0.1) is 11.3 Å². The molecular weight excluding hydrogens is 472 g/mol. The summed E-state index contributed by atoms with van der Waals surface area (Å²) in [5, 5.41) is 6.80. The number of thiophene rings is 1. The molecule has 1 unspecified atom stereocenters. The molecule has 1 fully saturated rings. The average molecular weight is 493 g/mol. The third kappa shape index (κ3) is 4.20. The largest absolute Gasteiger partial charge is 0.361 e. The van der Waals surface area contributed by atoms with Crippen molar-refractivity contribution in [1.82, 2.24) is 14.9 Å². The standard InChI is InChI=1S/C24H21BrN4OS/c25-18-10-8-16(9-11-18)19-14-31-24-22(19)23(26-15-27-24)28-20(17-5-2-1-3-6-17)13-29-12-4-7-21(29)30/h1-3,5-6,8-11,14-15,20H,4,7,12-13H2,(H,26,27,28). The number of hydrogen-bond donors (Lipinski definition) is 1. The van der Waals surface area contributed by atoms with E-state index in [2.05, 4.69) is 60.9 Å². The summed E-state index contributed by atoms with van der Waals surface area (Å²) in [6.45, 7) is 1.43. The number of nitrogens with one attached hydrogen (secondary N) is 1. The fraction of sp³-hybridized carbons (Fsp3) is 0.208. The fourth-order valence-electron chi connectivity index (χ4n) is 4.03. The van der Waals surface area contributed by atoms with Crippen molar-refractivity contribution in [3.8, 4) is 11.1 Å². The lowest BCUT2D eigenvalue weighted by Gasteiger charge is -2.26. The highest BCUT2D eigenvalue weighted by Crippen LogP contribution is 2.38. The number of carbonyl (C=O) groups excluding carboxylic acids is 1. The maximum absolute atomic E-state index is 12.3. The van der Waals surface area contributed by atoms with Crippen LogP contribution >= 0.6 is 27.3 Å². The lowest BCUT2D eigenvalue weighted by molar-refractivity contribution is -0.127. The molecular formula is C24H21BrN4OS. The predicted octanol–water partition coefficient (Wildman–Crippen LogP) is 5.90. The monoisotopic (exact) mass is 492 g/mol. The Balaban J connectivity index is 1.54. The van der Waals surface area contributed by atoms with Gasteiger partial charge in [-0.2, -0.15) is 0 Å². The van der Waals surface area contributed by atoms with E-state index in [-0.39, 0.29) is 11.9 Å². The van der Waals surface area contributed by atoms with E-state index in [1.54, 1.807) is 17.7 Å². The van der Waals surface area contributed by atoms with Gasteiger partial charge in [0.25, 0.3) is 0 Å². The Morgan fingerprint density at radius 2 is 1.90 bits per heavy atom. The molecule has 0 bridgehead atoms. The van der Waals surface area contributed by atoms with E-state index in [4.69, 9.17) is 0 Å². The molecule has 1 saturated heterocycles. The molecule has 1 atom stereocenters. The van der Waals surface area contributed by atoms with Crippen molar-refractivity contribution in [3.63, 3.8) is 0 Å². The third-order valence-corrected chi connectivity index (χ3v) is 7.03. The van der Waals surface area contributed by atoms with Gasteiger partial charge in [0.2, 0.25) is 5.91 Å². The molecule has 5 rings (SSSR count). The number of carbonyl (C=O) groups is 1. The lowest BCUT2D eigenvalue weighted by atomic mass is 10.0. The summed E-state index contributed by atoms with van der Waals surface area (Å²) >= 11 is 5.13. The molecule has 4 aromatic rings. The van der Waals surface area contributed by atoms with Gasteiger partial charge in [0.15, 0.2) is 0 Å². The highest BCUT2D eigenvalue weighted by atomic mass is 79.9. The van der Waals surface area contributed by atoms with Gasteiger partial charge in [-0.3, -0.25) is 4.79 Å². The second kappa shape index (κ2) is 8.77. The number of fused-ring (bicyclic) bond motifs is 1. The van der Waals surface area contributed by atoms with E-state index in [9.17, 15) is 4.79 Å². The zero-order valence-electron chi connectivity index (χ0n) is 16.8. The van der Waals surface area contributed by atoms with Crippen molar-refractivity contribution in [2.75, 3.05) is 18.4 Å². The summed E-state index contributed by atoms with van der Waals surface area (Å²) in [5.41, 5.74) is 3.37. The minimum Gasteiger partial charge on any atom is -0.361 e. The number of benzene rings is 2. The summed E-state index contributed by atoms with van der Waals surface area (Å²) in [7, 11) is 0. The quantitative estimate of drug-likeness (QED) is 0.364. The first-order valence-electron chi connectivity index (χ1n) is 10.3. The van der Waals surface area contributed by atoms with E-state index in [0.717, 1.165) is 50.2 Å². The highest BCUT2D eigenvalue weighted by Gasteiger charge is 2.25. The van der Waals surface area contributed by atoms with Crippen molar-refractivity contribution in [3.05, 3.63) is 76.3 Å². The zero-order chi connectivity index (χ0) is 21.2. The van der Waals surface area contributed by atoms with Crippen molar-refractivity contribution in [2.45, 2.75) is 18.9 Å². The molecule has 3 heterocycles. The van der Waals surface area contributed by atoms with Crippen LogP contribution in [0.3, 0.4) is 0 Å². The SMILES string of the molecule is O=C1CCCN1CC(Nc1ncnc2scc(-c3ccc(Br)cc3)c12)c1ccccc1. The van der Waals surface area contributed by atoms with Gasteiger partial charge >= 0.3 is 0 Å². The summed E-state index contributed by atoms with van der Waals surface area (Å²) in [4.78, 5) is 24.3. The average Bonchev–Trinajstić information content (AvgIpc) is 3.41. The van der Waals surface area contributed by atoms with Crippen molar-refractivity contribution in [2.24, 2.45) is 0 Å². The second-order valence-electron chi connectivity index (χ2n) is 7.61. The number of halogens is 1. The Hall–Kier alpha value is -2.77. The Bertz CT molecular complexity index is 1210. The van der Waals surface area contributed by atoms with Crippen LogP contribution < -0.4 is 5.32 Å². The van der Waals surface area contributed by atoms with Crippen LogP contribution in [-0.4, -0.2) is 33.9 Å². The van der Waals surface area contributed by atoms with Crippen LogP contribution in [0.5, 0.6) is 0 Å². The zero-order valence-corrected chi connectivity index (χ0v) is 19.2. The van der Waals surface area contributed by atoms with Crippen molar-refractivity contribution in [1.29, 1.82) is 0 Å². The first-order valence-corrected chi connectivity index (χ1v) is 11.9. The van der Waals surface area contributed by atoms with E-state index in [0.29, 0.717) is 13.0 Å². The van der Waals surface area contributed by atoms with Crippen LogP contribution in [-0.2, 0) is 4.79 Å². The van der Waals surface area contributed by atoms with Crippen molar-refractivity contribution < 1.29 is 4.79 Å². The Labute approximate surface area is 193 Å². The first kappa shape index (κ1) is 20.2. The highest BCUT2D eigenvalue weighted by molar-refractivity contribution is 9.10. The number of hydrogen-bond acceptors (Lipinski definition) is 5. The van der Waals surface area contributed by atoms with E-state index in [1.807, 2.05) is 35.2 Å². The van der Waals surface area contributed by atoms with E-state index < -0.39 is 0 Å². The number of likely N-dealkylation sites (tertiary alicyclic amines) is 1. The number of amides is 1.